The van der Waals surface area contributed by atoms with Crippen LogP contribution in [0.3, 0.4) is 0 Å². The first kappa shape index (κ1) is 20.6. The van der Waals surface area contributed by atoms with E-state index in [2.05, 4.69) is 10.6 Å². The predicted octanol–water partition coefficient (Wildman–Crippen LogP) is 1.71. The fraction of sp³-hybridized carbons (Fsp3) is 0.143. The quantitative estimate of drug-likeness (QED) is 0.341. The molecule has 0 aliphatic heterocycles. The van der Waals surface area contributed by atoms with Gasteiger partial charge in [0.2, 0.25) is 0 Å². The zero-order valence-corrected chi connectivity index (χ0v) is 16.1. The highest BCUT2D eigenvalue weighted by atomic mass is 16.3. The Morgan fingerprint density at radius 1 is 0.767 bits per heavy atom. The van der Waals surface area contributed by atoms with Gasteiger partial charge in [0.15, 0.2) is 23.0 Å². The van der Waals surface area contributed by atoms with E-state index in [1.165, 1.54) is 41.1 Å². The lowest BCUT2D eigenvalue weighted by molar-refractivity contribution is 0.0940. The van der Waals surface area contributed by atoms with E-state index >= 15 is 0 Å². The number of hydrogen-bond acceptors (Lipinski definition) is 6. The molecule has 0 aliphatic rings. The summed E-state index contributed by atoms with van der Waals surface area (Å²) in [5.74, 6) is -1.85. The van der Waals surface area contributed by atoms with Crippen molar-refractivity contribution in [3.8, 4) is 23.0 Å². The number of nitrogens with zero attached hydrogens (tertiary/aromatic N) is 1. The number of aryl methyl sites for hydroxylation is 1. The molecule has 2 aromatic carbocycles. The number of carbonyl (C=O) groups is 2. The molecule has 0 fully saturated rings. The van der Waals surface area contributed by atoms with Crippen LogP contribution >= 0.6 is 0 Å². The molecule has 0 saturated heterocycles. The average molecular weight is 411 g/mol. The molecule has 3 aromatic rings. The molecule has 0 saturated carbocycles. The zero-order chi connectivity index (χ0) is 21.8. The fourth-order valence-corrected chi connectivity index (χ4v) is 2.83. The lowest BCUT2D eigenvalue weighted by Gasteiger charge is -2.07. The first-order valence-corrected chi connectivity index (χ1v) is 8.99. The summed E-state index contributed by atoms with van der Waals surface area (Å²) in [4.78, 5) is 24.8. The van der Waals surface area contributed by atoms with Gasteiger partial charge < -0.3 is 35.6 Å². The highest BCUT2D eigenvalue weighted by Crippen LogP contribution is 2.25. The summed E-state index contributed by atoms with van der Waals surface area (Å²) in [6.45, 7) is 0.261. The number of benzene rings is 2. The van der Waals surface area contributed by atoms with Crippen LogP contribution in [-0.2, 0) is 20.1 Å². The normalized spacial score (nSPS) is 10.6. The lowest BCUT2D eigenvalue weighted by atomic mass is 10.2. The van der Waals surface area contributed by atoms with E-state index in [1.54, 1.807) is 19.2 Å². The van der Waals surface area contributed by atoms with Gasteiger partial charge in [-0.1, -0.05) is 12.1 Å². The van der Waals surface area contributed by atoms with Crippen molar-refractivity contribution in [1.82, 2.24) is 15.2 Å². The molecule has 3 rings (SSSR count). The SMILES string of the molecule is Cn1cc(C(=O)NCc2ccc(O)c(O)c2)cc1C(=O)NCc1ccc(O)c(O)c1. The molecule has 0 spiro atoms. The first-order chi connectivity index (χ1) is 14.2. The first-order valence-electron chi connectivity index (χ1n) is 8.99. The van der Waals surface area contributed by atoms with Crippen molar-refractivity contribution in [3.05, 3.63) is 71.0 Å². The van der Waals surface area contributed by atoms with E-state index in [4.69, 9.17) is 0 Å². The Morgan fingerprint density at radius 3 is 1.77 bits per heavy atom. The van der Waals surface area contributed by atoms with Gasteiger partial charge in [-0.3, -0.25) is 9.59 Å². The third-order valence-corrected chi connectivity index (χ3v) is 4.49. The van der Waals surface area contributed by atoms with Crippen molar-refractivity contribution < 1.29 is 30.0 Å². The van der Waals surface area contributed by atoms with Gasteiger partial charge in [-0.25, -0.2) is 0 Å². The highest BCUT2D eigenvalue weighted by Gasteiger charge is 2.16. The summed E-state index contributed by atoms with van der Waals surface area (Å²) < 4.78 is 1.52. The average Bonchev–Trinajstić information content (AvgIpc) is 3.11. The molecular formula is C21H21N3O6. The number of hydrogen-bond donors (Lipinski definition) is 6. The number of nitrogens with one attached hydrogen (secondary N) is 2. The maximum atomic E-state index is 12.4. The Hall–Kier alpha value is -4.14. The van der Waals surface area contributed by atoms with E-state index in [1.807, 2.05) is 0 Å². The molecule has 0 unspecified atom stereocenters. The molecule has 1 aromatic heterocycles. The van der Waals surface area contributed by atoms with Crippen LogP contribution in [0.15, 0.2) is 48.7 Å². The molecule has 1 heterocycles. The van der Waals surface area contributed by atoms with Crippen LogP contribution in [0.2, 0.25) is 0 Å². The van der Waals surface area contributed by atoms with Gasteiger partial charge in [-0.15, -0.1) is 0 Å². The Labute approximate surface area is 171 Å². The van der Waals surface area contributed by atoms with Crippen LogP contribution in [0.1, 0.15) is 32.0 Å². The number of phenolic OH excluding ortho intramolecular Hbond substituents is 4. The van der Waals surface area contributed by atoms with Crippen LogP contribution in [0.5, 0.6) is 23.0 Å². The summed E-state index contributed by atoms with van der Waals surface area (Å²) in [7, 11) is 1.64. The zero-order valence-electron chi connectivity index (χ0n) is 16.1. The minimum atomic E-state index is -0.410. The van der Waals surface area contributed by atoms with Crippen LogP contribution in [0.4, 0.5) is 0 Å². The van der Waals surface area contributed by atoms with Crippen molar-refractivity contribution in [1.29, 1.82) is 0 Å². The molecule has 156 valence electrons. The van der Waals surface area contributed by atoms with Crippen molar-refractivity contribution in [2.45, 2.75) is 13.1 Å². The van der Waals surface area contributed by atoms with Gasteiger partial charge in [0.25, 0.3) is 11.8 Å². The Balaban J connectivity index is 1.61. The minimum absolute atomic E-state index is 0.129. The number of amides is 2. The molecule has 0 aliphatic carbocycles. The minimum Gasteiger partial charge on any atom is -0.504 e. The van der Waals surface area contributed by atoms with E-state index < -0.39 is 11.8 Å². The molecule has 9 nitrogen and oxygen atoms in total. The second-order valence-corrected chi connectivity index (χ2v) is 6.74. The molecule has 9 heteroatoms. The van der Waals surface area contributed by atoms with Gasteiger partial charge in [-0.05, 0) is 41.5 Å². The standard InChI is InChI=1S/C21H21N3O6/c1-24-11-14(20(29)22-9-12-2-4-16(25)18(27)6-12)8-15(24)21(30)23-10-13-3-5-17(26)19(28)7-13/h2-8,11,25-28H,9-10H2,1H3,(H,22,29)(H,23,30). The summed E-state index contributed by atoms with van der Waals surface area (Å²) in [6.07, 6.45) is 1.52. The van der Waals surface area contributed by atoms with E-state index in [0.717, 1.165) is 0 Å². The molecule has 2 amide bonds. The van der Waals surface area contributed by atoms with Crippen LogP contribution in [0.25, 0.3) is 0 Å². The smallest absolute Gasteiger partial charge is 0.268 e. The van der Waals surface area contributed by atoms with Crippen molar-refractivity contribution in [2.75, 3.05) is 0 Å². The topological polar surface area (TPSA) is 144 Å². The summed E-state index contributed by atoms with van der Waals surface area (Å²) in [5.41, 5.74) is 1.76. The highest BCUT2D eigenvalue weighted by molar-refractivity contribution is 5.99. The third-order valence-electron chi connectivity index (χ3n) is 4.49. The maximum absolute atomic E-state index is 12.4. The summed E-state index contributed by atoms with van der Waals surface area (Å²) >= 11 is 0. The van der Waals surface area contributed by atoms with E-state index in [-0.39, 0.29) is 47.3 Å². The van der Waals surface area contributed by atoms with Crippen molar-refractivity contribution in [3.63, 3.8) is 0 Å². The third kappa shape index (κ3) is 4.64. The maximum Gasteiger partial charge on any atom is 0.268 e. The molecule has 0 atom stereocenters. The van der Waals surface area contributed by atoms with Gasteiger partial charge in [0, 0.05) is 26.3 Å². The second kappa shape index (κ2) is 8.48. The van der Waals surface area contributed by atoms with E-state index in [0.29, 0.717) is 11.1 Å². The molecule has 6 N–H and O–H groups in total. The van der Waals surface area contributed by atoms with Gasteiger partial charge in [0.1, 0.15) is 5.69 Å². The number of aromatic hydroxyl groups is 4. The van der Waals surface area contributed by atoms with Crippen LogP contribution in [-0.4, -0.2) is 36.8 Å². The van der Waals surface area contributed by atoms with Gasteiger partial charge in [-0.2, -0.15) is 0 Å². The lowest BCUT2D eigenvalue weighted by Crippen LogP contribution is -2.24. The van der Waals surface area contributed by atoms with Crippen LogP contribution in [0, 0.1) is 0 Å². The van der Waals surface area contributed by atoms with Gasteiger partial charge in [0.05, 0.1) is 5.56 Å². The predicted molar refractivity (Wildman–Crippen MR) is 107 cm³/mol. The van der Waals surface area contributed by atoms with Gasteiger partial charge >= 0.3 is 0 Å². The van der Waals surface area contributed by atoms with Crippen molar-refractivity contribution in [2.24, 2.45) is 7.05 Å². The molecule has 0 radical (unpaired) electrons. The largest absolute Gasteiger partial charge is 0.504 e. The summed E-state index contributed by atoms with van der Waals surface area (Å²) in [5, 5.41) is 43.0. The number of aromatic nitrogens is 1. The Kier molecular flexibility index (Phi) is 5.82. The molecule has 30 heavy (non-hydrogen) atoms. The number of phenols is 4. The second-order valence-electron chi connectivity index (χ2n) is 6.74. The summed E-state index contributed by atoms with van der Waals surface area (Å²) in [6, 6.07) is 9.94. The van der Waals surface area contributed by atoms with Crippen LogP contribution < -0.4 is 10.6 Å². The molecular weight excluding hydrogens is 390 g/mol. The number of rotatable bonds is 6. The van der Waals surface area contributed by atoms with Crippen molar-refractivity contribution >= 4 is 11.8 Å². The fourth-order valence-electron chi connectivity index (χ4n) is 2.83. The monoisotopic (exact) mass is 411 g/mol. The van der Waals surface area contributed by atoms with E-state index in [9.17, 15) is 30.0 Å². The molecule has 0 bridgehead atoms. The Morgan fingerprint density at radius 2 is 1.27 bits per heavy atom. The Bertz CT molecular complexity index is 1110. The number of carbonyl (C=O) groups excluding carboxylic acids is 2.